The summed E-state index contributed by atoms with van der Waals surface area (Å²) in [7, 11) is 12.5. The molecule has 0 spiro atoms. The summed E-state index contributed by atoms with van der Waals surface area (Å²) in [6.45, 7) is 12.4. The van der Waals surface area contributed by atoms with Gasteiger partial charge in [-0.05, 0) is 138 Å². The van der Waals surface area contributed by atoms with Crippen molar-refractivity contribution in [2.45, 2.75) is 90.9 Å². The fourth-order valence-electron chi connectivity index (χ4n) is 10.9. The van der Waals surface area contributed by atoms with Crippen LogP contribution in [-0.2, 0) is 28.7 Å². The molecule has 0 aliphatic rings. The molecule has 4 unspecified atom stereocenters. The number of Topliss-reactive ketones (excluding diaryl/α,β-unsaturated/α-hetero) is 1. The Morgan fingerprint density at radius 3 is 1.21 bits per heavy atom. The van der Waals surface area contributed by atoms with Crippen LogP contribution >= 0.6 is 0 Å². The number of anilines is 2. The number of carbonyl (C=O) groups is 5. The van der Waals surface area contributed by atoms with Crippen LogP contribution in [0.3, 0.4) is 0 Å². The molecule has 102 heavy (non-hydrogen) atoms. The SMILES string of the molecule is COC(=O)/C=C(\C)c1ccccc1OC.COC(=O)CC(C)c1ccccc1OC.COc1ccccc1C(C)=O.COc1ccccc1C(C)CC(=O)Nc1cccc2cccnc12.COc1ccccc1C(C)CC(=O)O.COc1ccccc1C(C)CCNc1cccc2cccnc12. The van der Waals surface area contributed by atoms with Crippen LogP contribution in [0.1, 0.15) is 129 Å². The normalized spacial score (nSPS) is 11.6. The predicted octanol–water partition coefficient (Wildman–Crippen LogP) is 18.0. The molecule has 0 saturated carbocycles. The molecule has 8 aromatic carbocycles. The van der Waals surface area contributed by atoms with E-state index in [2.05, 4.69) is 73.4 Å². The Bertz CT molecular complexity index is 4300. The zero-order valence-corrected chi connectivity index (χ0v) is 60.9. The molecule has 0 aliphatic carbocycles. The van der Waals surface area contributed by atoms with Gasteiger partial charge in [0.25, 0.3) is 0 Å². The maximum atomic E-state index is 12.5. The molecule has 3 N–H and O–H groups in total. The Kier molecular flexibility index (Phi) is 34.8. The van der Waals surface area contributed by atoms with Gasteiger partial charge in [0, 0.05) is 47.8 Å². The quantitative estimate of drug-likeness (QED) is 0.0290. The number of esters is 2. The van der Waals surface area contributed by atoms with Crippen LogP contribution in [0, 0.1) is 0 Å². The Hall–Kier alpha value is -11.5. The van der Waals surface area contributed by atoms with Crippen molar-refractivity contribution < 1.29 is 67.0 Å². The molecule has 0 radical (unpaired) electrons. The van der Waals surface area contributed by atoms with Gasteiger partial charge in [-0.1, -0.05) is 167 Å². The van der Waals surface area contributed by atoms with Gasteiger partial charge in [0.05, 0.1) is 97.7 Å². The van der Waals surface area contributed by atoms with Gasteiger partial charge >= 0.3 is 17.9 Å². The molecule has 0 aliphatic heterocycles. The van der Waals surface area contributed by atoms with Crippen LogP contribution in [0.2, 0.25) is 0 Å². The van der Waals surface area contributed by atoms with Crippen LogP contribution in [0.25, 0.3) is 27.4 Å². The van der Waals surface area contributed by atoms with Crippen LogP contribution < -0.4 is 39.1 Å². The lowest BCUT2D eigenvalue weighted by Crippen LogP contribution is -2.15. The Morgan fingerprint density at radius 2 is 0.784 bits per heavy atom. The number of methoxy groups -OCH3 is 8. The number of pyridine rings is 2. The molecule has 2 aromatic heterocycles. The minimum Gasteiger partial charge on any atom is -0.496 e. The van der Waals surface area contributed by atoms with E-state index in [1.165, 1.54) is 32.8 Å². The van der Waals surface area contributed by atoms with Gasteiger partial charge < -0.3 is 53.6 Å². The summed E-state index contributed by atoms with van der Waals surface area (Å²) in [4.78, 5) is 65.0. The average Bonchev–Trinajstić information content (AvgIpc) is 0.826. The van der Waals surface area contributed by atoms with E-state index >= 15 is 0 Å². The molecule has 1 amide bonds. The summed E-state index contributed by atoms with van der Waals surface area (Å²) in [5.74, 6) is 3.94. The number of carbonyl (C=O) groups excluding carboxylic acids is 4. The van der Waals surface area contributed by atoms with E-state index in [1.54, 1.807) is 61.0 Å². The van der Waals surface area contributed by atoms with E-state index in [4.69, 9.17) is 33.5 Å². The number of hydrogen-bond donors (Lipinski definition) is 3. The molecule has 536 valence electrons. The number of fused-ring (bicyclic) bond motifs is 2. The standard InChI is InChI=1S/C20H20N2O2.C20H22N2O.C12H16O3.C12H14O3.C11H14O3.C9H10O2/c1-14(16-9-3-4-11-18(16)24-2)13-19(23)22-17-10-5-7-15-8-6-12-21-20(15)17;1-15(17-9-3-4-11-19(17)23-2)12-14-21-18-10-5-7-16-8-6-13-22-20(16)18;2*1-9(8-12(13)15-3)10-6-4-5-7-11(10)14-2;1-8(7-11(12)13)9-5-3-4-6-10(9)14-2;1-7(10)8-5-3-4-6-9(8)11-2/h3-12,14H,13H2,1-2H3,(H,22,23);3-11,13,15,21H,12,14H2,1-2H3;4-7,9H,8H2,1-3H3;4-8H,1-3H3;3-6,8H,7H2,1-2H3,(H,12,13);3-6H,1-2H3/b;;;9-8+;;. The largest absolute Gasteiger partial charge is 0.496 e. The van der Waals surface area contributed by atoms with Crippen molar-refractivity contribution in [1.82, 2.24) is 9.97 Å². The lowest BCUT2D eigenvalue weighted by atomic mass is 9.96. The number of carboxylic acid groups (broad SMARTS) is 1. The smallest absolute Gasteiger partial charge is 0.330 e. The number of allylic oxidation sites excluding steroid dienone is 1. The number of amides is 1. The summed E-state index contributed by atoms with van der Waals surface area (Å²) < 4.78 is 40.6. The van der Waals surface area contributed by atoms with Crippen LogP contribution in [-0.4, -0.2) is 108 Å². The van der Waals surface area contributed by atoms with Gasteiger partial charge in [-0.15, -0.1) is 0 Å². The van der Waals surface area contributed by atoms with Gasteiger partial charge in [0.2, 0.25) is 5.91 Å². The minimum absolute atomic E-state index is 0.0244. The van der Waals surface area contributed by atoms with E-state index in [1.807, 2.05) is 192 Å². The summed E-state index contributed by atoms with van der Waals surface area (Å²) in [6, 6.07) is 65.9. The van der Waals surface area contributed by atoms with E-state index in [9.17, 15) is 24.0 Å². The average molecular weight is 1390 g/mol. The summed E-state index contributed by atoms with van der Waals surface area (Å²) in [5, 5.41) is 17.3. The molecule has 0 fully saturated rings. The van der Waals surface area contributed by atoms with Gasteiger partial charge in [-0.25, -0.2) is 4.79 Å². The highest BCUT2D eigenvalue weighted by molar-refractivity contribution is 6.00. The minimum atomic E-state index is -0.789. The third-order valence-corrected chi connectivity index (χ3v) is 16.3. The van der Waals surface area contributed by atoms with E-state index in [-0.39, 0.29) is 47.8 Å². The Morgan fingerprint density at radius 1 is 0.412 bits per heavy atom. The lowest BCUT2D eigenvalue weighted by molar-refractivity contribution is -0.141. The van der Waals surface area contributed by atoms with E-state index in [0.29, 0.717) is 30.1 Å². The van der Waals surface area contributed by atoms with Crippen LogP contribution in [0.15, 0.2) is 225 Å². The zero-order valence-electron chi connectivity index (χ0n) is 60.9. The molecule has 4 atom stereocenters. The van der Waals surface area contributed by atoms with Crippen molar-refractivity contribution in [3.63, 3.8) is 0 Å². The highest BCUT2D eigenvalue weighted by atomic mass is 16.5. The van der Waals surface area contributed by atoms with Gasteiger partial charge in [-0.2, -0.15) is 0 Å². The molecule has 10 rings (SSSR count). The predicted molar refractivity (Wildman–Crippen MR) is 406 cm³/mol. The first-order chi connectivity index (χ1) is 49.2. The van der Waals surface area contributed by atoms with Crippen LogP contribution in [0.4, 0.5) is 11.4 Å². The number of nitrogens with one attached hydrogen (secondary N) is 2. The second-order valence-electron chi connectivity index (χ2n) is 23.5. The molecule has 18 heteroatoms. The number of benzene rings is 8. The second-order valence-corrected chi connectivity index (χ2v) is 23.5. The monoisotopic (exact) mass is 1380 g/mol. The van der Waals surface area contributed by atoms with Gasteiger partial charge in [0.1, 0.15) is 34.5 Å². The number of aliphatic carboxylic acids is 1. The fraction of sp³-hybridized carbons (Fsp3) is 0.274. The van der Waals surface area contributed by atoms with E-state index in [0.717, 1.165) is 103 Å². The maximum Gasteiger partial charge on any atom is 0.330 e. The number of ether oxygens (including phenoxy) is 8. The van der Waals surface area contributed by atoms with Crippen LogP contribution in [0.5, 0.6) is 34.5 Å². The number of para-hydroxylation sites is 8. The molecule has 0 bridgehead atoms. The topological polar surface area (TPSA) is 229 Å². The van der Waals surface area contributed by atoms with Crippen molar-refractivity contribution in [1.29, 1.82) is 0 Å². The highest BCUT2D eigenvalue weighted by Gasteiger charge is 2.19. The molecule has 10 aromatic rings. The number of nitrogens with zero attached hydrogens (tertiary/aromatic N) is 2. The summed E-state index contributed by atoms with van der Waals surface area (Å²) in [5.41, 5.74) is 10.3. The molecular formula is C84H96N4O14. The summed E-state index contributed by atoms with van der Waals surface area (Å²) >= 11 is 0. The maximum absolute atomic E-state index is 12.5. The molecule has 0 saturated heterocycles. The molecular weight excluding hydrogens is 1290 g/mol. The van der Waals surface area contributed by atoms with Crippen molar-refractivity contribution in [2.24, 2.45) is 0 Å². The summed E-state index contributed by atoms with van der Waals surface area (Å²) in [6.07, 6.45) is 6.92. The highest BCUT2D eigenvalue weighted by Crippen LogP contribution is 2.33. The first kappa shape index (κ1) is 81.1. The number of aromatic nitrogens is 2. The first-order valence-electron chi connectivity index (χ1n) is 33.3. The van der Waals surface area contributed by atoms with Gasteiger partial charge in [0.15, 0.2) is 5.78 Å². The van der Waals surface area contributed by atoms with E-state index < -0.39 is 5.97 Å². The van der Waals surface area contributed by atoms with Gasteiger partial charge in [-0.3, -0.25) is 29.1 Å². The van der Waals surface area contributed by atoms with Crippen molar-refractivity contribution in [3.8, 4) is 34.5 Å². The van der Waals surface area contributed by atoms with Crippen molar-refractivity contribution >= 4 is 68.4 Å². The number of hydrogen-bond acceptors (Lipinski definition) is 16. The number of ketones is 1. The third kappa shape index (κ3) is 25.6. The first-order valence-corrected chi connectivity index (χ1v) is 33.3. The van der Waals surface area contributed by atoms with Crippen molar-refractivity contribution in [2.75, 3.05) is 74.1 Å². The number of carboxylic acids is 1. The third-order valence-electron chi connectivity index (χ3n) is 16.3. The zero-order chi connectivity index (χ0) is 74.3. The number of rotatable bonds is 24. The Balaban J connectivity index is 0.000000225. The second kappa shape index (κ2) is 43.8. The lowest BCUT2D eigenvalue weighted by Gasteiger charge is -2.16. The fourth-order valence-corrected chi connectivity index (χ4v) is 10.9. The Labute approximate surface area is 600 Å². The van der Waals surface area contributed by atoms with Crippen molar-refractivity contribution in [3.05, 3.63) is 258 Å². The molecule has 18 nitrogen and oxygen atoms in total. The molecule has 2 heterocycles.